The van der Waals surface area contributed by atoms with Crippen molar-refractivity contribution in [3.8, 4) is 0 Å². The minimum absolute atomic E-state index is 0.104. The second-order valence-electron chi connectivity index (χ2n) is 4.50. The monoisotopic (exact) mass is 326 g/mol. The molecule has 2 rings (SSSR count). The van der Waals surface area contributed by atoms with E-state index in [0.717, 1.165) is 17.7 Å². The molecule has 0 aromatic heterocycles. The molecular weight excluding hydrogens is 314 g/mol. The predicted molar refractivity (Wildman–Crippen MR) is 76.9 cm³/mol. The SMILES string of the molecule is Cc1ccc(S(=O)(=O)NC(=O)Nc2ccc(F)cc2F)cc1. The molecule has 5 nitrogen and oxygen atoms in total. The number of amides is 2. The number of urea groups is 1. The van der Waals surface area contributed by atoms with Gasteiger partial charge < -0.3 is 5.32 Å². The third-order valence-electron chi connectivity index (χ3n) is 2.74. The van der Waals surface area contributed by atoms with Crippen molar-refractivity contribution in [1.82, 2.24) is 4.72 Å². The van der Waals surface area contributed by atoms with Crippen LogP contribution in [0.1, 0.15) is 5.56 Å². The van der Waals surface area contributed by atoms with Crippen LogP contribution in [0, 0.1) is 18.6 Å². The zero-order valence-electron chi connectivity index (χ0n) is 11.4. The lowest BCUT2D eigenvalue weighted by atomic mass is 10.2. The number of benzene rings is 2. The van der Waals surface area contributed by atoms with Gasteiger partial charge in [0.25, 0.3) is 10.0 Å². The highest BCUT2D eigenvalue weighted by molar-refractivity contribution is 7.90. The standard InChI is InChI=1S/C14H12F2N2O3S/c1-9-2-5-11(6-3-9)22(20,21)18-14(19)17-13-7-4-10(15)8-12(13)16/h2-8H,1H3,(H2,17,18,19). The first-order chi connectivity index (χ1) is 10.3. The molecule has 0 radical (unpaired) electrons. The molecule has 2 aromatic carbocycles. The summed E-state index contributed by atoms with van der Waals surface area (Å²) in [6.45, 7) is 1.79. The van der Waals surface area contributed by atoms with Gasteiger partial charge in [-0.2, -0.15) is 0 Å². The Bertz CT molecular complexity index is 805. The van der Waals surface area contributed by atoms with Crippen molar-refractivity contribution < 1.29 is 22.0 Å². The van der Waals surface area contributed by atoms with E-state index in [-0.39, 0.29) is 10.6 Å². The summed E-state index contributed by atoms with van der Waals surface area (Å²) in [6, 6.07) is 7.18. The van der Waals surface area contributed by atoms with Crippen LogP contribution in [0.25, 0.3) is 0 Å². The Kier molecular flexibility index (Phi) is 4.41. The number of sulfonamides is 1. The summed E-state index contributed by atoms with van der Waals surface area (Å²) in [5, 5.41) is 2.00. The first-order valence-corrected chi connectivity index (χ1v) is 7.62. The van der Waals surface area contributed by atoms with E-state index in [1.54, 1.807) is 23.8 Å². The van der Waals surface area contributed by atoms with E-state index >= 15 is 0 Å². The van der Waals surface area contributed by atoms with E-state index in [0.29, 0.717) is 6.07 Å². The number of aryl methyl sites for hydroxylation is 1. The summed E-state index contributed by atoms with van der Waals surface area (Å²) in [6.07, 6.45) is 0. The highest BCUT2D eigenvalue weighted by atomic mass is 32.2. The second kappa shape index (κ2) is 6.10. The van der Waals surface area contributed by atoms with Gasteiger partial charge in [0, 0.05) is 6.07 Å². The Labute approximate surface area is 126 Å². The summed E-state index contributed by atoms with van der Waals surface area (Å²) < 4.78 is 51.8. The van der Waals surface area contributed by atoms with Crippen molar-refractivity contribution in [3.63, 3.8) is 0 Å². The maximum Gasteiger partial charge on any atom is 0.333 e. The Morgan fingerprint density at radius 2 is 1.68 bits per heavy atom. The molecule has 22 heavy (non-hydrogen) atoms. The average molecular weight is 326 g/mol. The molecule has 0 aliphatic heterocycles. The number of rotatable bonds is 3. The summed E-state index contributed by atoms with van der Waals surface area (Å²) >= 11 is 0. The fraction of sp³-hybridized carbons (Fsp3) is 0.0714. The van der Waals surface area contributed by atoms with Crippen LogP contribution in [-0.4, -0.2) is 14.4 Å². The van der Waals surface area contributed by atoms with Crippen LogP contribution in [0.3, 0.4) is 0 Å². The topological polar surface area (TPSA) is 75.3 Å². The number of anilines is 1. The molecule has 0 saturated carbocycles. The van der Waals surface area contributed by atoms with Gasteiger partial charge >= 0.3 is 6.03 Å². The molecule has 0 spiro atoms. The van der Waals surface area contributed by atoms with Crippen LogP contribution in [0.5, 0.6) is 0 Å². The molecule has 0 heterocycles. The summed E-state index contributed by atoms with van der Waals surface area (Å²) in [5.74, 6) is -1.82. The number of carbonyl (C=O) groups excluding carboxylic acids is 1. The van der Waals surface area contributed by atoms with Crippen molar-refractivity contribution in [1.29, 1.82) is 0 Å². The Hall–Kier alpha value is -2.48. The number of carbonyl (C=O) groups is 1. The van der Waals surface area contributed by atoms with Crippen molar-refractivity contribution in [3.05, 3.63) is 59.7 Å². The lowest BCUT2D eigenvalue weighted by molar-refractivity contribution is 0.256. The third kappa shape index (κ3) is 3.79. The molecule has 0 aliphatic rings. The molecule has 0 saturated heterocycles. The van der Waals surface area contributed by atoms with Crippen LogP contribution in [0.4, 0.5) is 19.3 Å². The molecule has 0 aliphatic carbocycles. The van der Waals surface area contributed by atoms with E-state index in [4.69, 9.17) is 0 Å². The maximum atomic E-state index is 13.4. The van der Waals surface area contributed by atoms with Crippen molar-refractivity contribution in [2.45, 2.75) is 11.8 Å². The number of hydrogen-bond acceptors (Lipinski definition) is 3. The Morgan fingerprint density at radius 1 is 1.05 bits per heavy atom. The minimum Gasteiger partial charge on any atom is -0.304 e. The largest absolute Gasteiger partial charge is 0.333 e. The molecule has 0 fully saturated rings. The average Bonchev–Trinajstić information content (AvgIpc) is 2.42. The second-order valence-corrected chi connectivity index (χ2v) is 6.18. The molecule has 2 aromatic rings. The van der Waals surface area contributed by atoms with Gasteiger partial charge in [0.1, 0.15) is 11.6 Å². The zero-order valence-corrected chi connectivity index (χ0v) is 12.2. The molecule has 2 amide bonds. The van der Waals surface area contributed by atoms with Crippen LogP contribution in [0.2, 0.25) is 0 Å². The first-order valence-electron chi connectivity index (χ1n) is 6.13. The Balaban J connectivity index is 2.12. The lowest BCUT2D eigenvalue weighted by Gasteiger charge is -2.09. The van der Waals surface area contributed by atoms with Crippen molar-refractivity contribution >= 4 is 21.7 Å². The van der Waals surface area contributed by atoms with E-state index in [9.17, 15) is 22.0 Å². The van der Waals surface area contributed by atoms with Gasteiger partial charge in [-0.3, -0.25) is 0 Å². The van der Waals surface area contributed by atoms with Crippen LogP contribution in [-0.2, 0) is 10.0 Å². The molecule has 0 unspecified atom stereocenters. The smallest absolute Gasteiger partial charge is 0.304 e. The van der Waals surface area contributed by atoms with Crippen molar-refractivity contribution in [2.75, 3.05) is 5.32 Å². The van der Waals surface area contributed by atoms with Gasteiger partial charge in [0.2, 0.25) is 0 Å². The molecule has 0 bridgehead atoms. The maximum absolute atomic E-state index is 13.4. The summed E-state index contributed by atoms with van der Waals surface area (Å²) in [7, 11) is -4.08. The number of hydrogen-bond donors (Lipinski definition) is 2. The fourth-order valence-electron chi connectivity index (χ4n) is 1.64. The third-order valence-corrected chi connectivity index (χ3v) is 4.08. The molecular formula is C14H12F2N2O3S. The number of halogens is 2. The van der Waals surface area contributed by atoms with E-state index in [2.05, 4.69) is 0 Å². The van der Waals surface area contributed by atoms with Gasteiger partial charge in [0.05, 0.1) is 10.6 Å². The van der Waals surface area contributed by atoms with Gasteiger partial charge in [0.15, 0.2) is 0 Å². The molecule has 116 valence electrons. The van der Waals surface area contributed by atoms with Gasteiger partial charge in [-0.15, -0.1) is 0 Å². The highest BCUT2D eigenvalue weighted by Gasteiger charge is 2.18. The lowest BCUT2D eigenvalue weighted by Crippen LogP contribution is -2.34. The fourth-order valence-corrected chi connectivity index (χ4v) is 2.54. The molecule has 2 N–H and O–H groups in total. The van der Waals surface area contributed by atoms with Gasteiger partial charge in [-0.1, -0.05) is 17.7 Å². The van der Waals surface area contributed by atoms with E-state index in [1.807, 2.05) is 5.32 Å². The highest BCUT2D eigenvalue weighted by Crippen LogP contribution is 2.15. The Morgan fingerprint density at radius 3 is 2.27 bits per heavy atom. The molecule has 0 atom stereocenters. The van der Waals surface area contributed by atoms with E-state index < -0.39 is 27.7 Å². The van der Waals surface area contributed by atoms with Crippen LogP contribution < -0.4 is 10.0 Å². The summed E-state index contributed by atoms with van der Waals surface area (Å²) in [5.41, 5.74) is 0.523. The van der Waals surface area contributed by atoms with Crippen molar-refractivity contribution in [2.24, 2.45) is 0 Å². The first kappa shape index (κ1) is 15.9. The minimum atomic E-state index is -4.08. The van der Waals surface area contributed by atoms with Crippen LogP contribution >= 0.6 is 0 Å². The molecule has 8 heteroatoms. The summed E-state index contributed by atoms with van der Waals surface area (Å²) in [4.78, 5) is 11.5. The predicted octanol–water partition coefficient (Wildman–Crippen LogP) is 2.78. The van der Waals surface area contributed by atoms with Gasteiger partial charge in [-0.25, -0.2) is 26.7 Å². The number of nitrogens with one attached hydrogen (secondary N) is 2. The van der Waals surface area contributed by atoms with Gasteiger partial charge in [-0.05, 0) is 31.2 Å². The normalized spacial score (nSPS) is 11.0. The van der Waals surface area contributed by atoms with E-state index in [1.165, 1.54) is 12.1 Å². The quantitative estimate of drug-likeness (QED) is 0.911. The zero-order chi connectivity index (χ0) is 16.3. The van der Waals surface area contributed by atoms with Crippen LogP contribution in [0.15, 0.2) is 47.4 Å².